The summed E-state index contributed by atoms with van der Waals surface area (Å²) in [5, 5.41) is 30.8. The van der Waals surface area contributed by atoms with Gasteiger partial charge in [0, 0.05) is 12.8 Å². The number of ether oxygens (including phenoxy) is 4. The fraction of sp³-hybridized carbons (Fsp3) is 0.900. The molecule has 2 unspecified atom stereocenters. The van der Waals surface area contributed by atoms with E-state index >= 15 is 0 Å². The van der Waals surface area contributed by atoms with Crippen LogP contribution in [0.25, 0.3) is 0 Å². The fourth-order valence-corrected chi connectivity index (χ4v) is 7.17. The smallest absolute Gasteiger partial charge is 0.306 e. The molecule has 12 nitrogen and oxygen atoms in total. The number of carbonyl (C=O) groups excluding carboxylic acids is 2. The highest BCUT2D eigenvalue weighted by atomic mass is 32.2. The number of hydrogen-bond acceptors (Lipinski definition) is 11. The van der Waals surface area contributed by atoms with Crippen molar-refractivity contribution in [2.75, 3.05) is 19.0 Å². The van der Waals surface area contributed by atoms with Crippen molar-refractivity contribution >= 4 is 22.1 Å². The van der Waals surface area contributed by atoms with Crippen LogP contribution in [0.2, 0.25) is 0 Å². The number of unbranched alkanes of at least 4 members (excludes halogenated alkanes) is 22. The van der Waals surface area contributed by atoms with Crippen LogP contribution in [0.4, 0.5) is 0 Å². The third-order valence-corrected chi connectivity index (χ3v) is 10.5. The van der Waals surface area contributed by atoms with Crippen molar-refractivity contribution in [1.82, 2.24) is 0 Å². The Hall–Kier alpha value is -1.61. The Balaban J connectivity index is 2.45. The summed E-state index contributed by atoms with van der Waals surface area (Å²) >= 11 is 0. The third kappa shape index (κ3) is 26.8. The highest BCUT2D eigenvalue weighted by Gasteiger charge is 2.46. The molecule has 1 fully saturated rings. The van der Waals surface area contributed by atoms with E-state index in [2.05, 4.69) is 13.5 Å². The first-order valence-corrected chi connectivity index (χ1v) is 22.3. The van der Waals surface area contributed by atoms with Gasteiger partial charge in [-0.15, -0.1) is 6.58 Å². The van der Waals surface area contributed by atoms with Crippen molar-refractivity contribution in [3.05, 3.63) is 12.7 Å². The van der Waals surface area contributed by atoms with Crippen molar-refractivity contribution in [2.45, 2.75) is 211 Å². The van der Waals surface area contributed by atoms with Crippen molar-refractivity contribution in [1.29, 1.82) is 0 Å². The normalized spacial score (nSPS) is 21.0. The predicted octanol–water partition coefficient (Wildman–Crippen LogP) is 7.50. The van der Waals surface area contributed by atoms with Crippen molar-refractivity contribution in [2.24, 2.45) is 0 Å². The standard InChI is InChI=1S/C40H74O12S/c1-3-5-7-9-11-13-15-16-17-18-19-21-22-24-26-28-35(41)49-30-33(51-36(42)29-27-25-23-20-14-12-10-8-6-4-2)31-50-40-39(45)38(44)37(43)34(52-40)32-53(46,47)48/h3,33-34,37-40,43-45H,1,4-32H2,2H3,(H,46,47,48)/t33-,34-,37-,38?,39?,40+/m1/s1. The number of aliphatic hydroxyl groups excluding tert-OH is 3. The van der Waals surface area contributed by atoms with Crippen LogP contribution in [0, 0.1) is 0 Å². The molecule has 1 heterocycles. The monoisotopic (exact) mass is 778 g/mol. The molecule has 0 radical (unpaired) electrons. The number of carbonyl (C=O) groups is 2. The van der Waals surface area contributed by atoms with Gasteiger partial charge in [-0.2, -0.15) is 8.42 Å². The number of rotatable bonds is 35. The lowest BCUT2D eigenvalue weighted by atomic mass is 10.00. The maximum atomic E-state index is 12.7. The molecule has 53 heavy (non-hydrogen) atoms. The van der Waals surface area contributed by atoms with Gasteiger partial charge in [0.15, 0.2) is 12.4 Å². The molecule has 13 heteroatoms. The van der Waals surface area contributed by atoms with Gasteiger partial charge in [0.05, 0.1) is 6.61 Å². The van der Waals surface area contributed by atoms with Crippen LogP contribution >= 0.6 is 0 Å². The summed E-state index contributed by atoms with van der Waals surface area (Å²) in [5.74, 6) is -1.98. The van der Waals surface area contributed by atoms with Crippen LogP contribution in [0.15, 0.2) is 12.7 Å². The minimum atomic E-state index is -4.59. The molecule has 0 aromatic rings. The molecular formula is C40H74O12S. The van der Waals surface area contributed by atoms with Gasteiger partial charge in [-0.1, -0.05) is 141 Å². The van der Waals surface area contributed by atoms with Gasteiger partial charge in [0.2, 0.25) is 0 Å². The molecule has 0 bridgehead atoms. The molecule has 6 atom stereocenters. The van der Waals surface area contributed by atoms with Crippen LogP contribution < -0.4 is 0 Å². The molecule has 0 spiro atoms. The lowest BCUT2D eigenvalue weighted by molar-refractivity contribution is -0.297. The molecule has 1 rings (SSSR count). The summed E-state index contributed by atoms with van der Waals surface area (Å²) in [7, 11) is -4.59. The van der Waals surface area contributed by atoms with E-state index in [9.17, 15) is 37.9 Å². The maximum Gasteiger partial charge on any atom is 0.306 e. The predicted molar refractivity (Wildman–Crippen MR) is 206 cm³/mol. The molecule has 312 valence electrons. The zero-order chi connectivity index (χ0) is 39.2. The van der Waals surface area contributed by atoms with Gasteiger partial charge in [-0.05, 0) is 25.7 Å². The second-order valence-electron chi connectivity index (χ2n) is 14.7. The Labute approximate surface area is 320 Å². The molecular weight excluding hydrogens is 704 g/mol. The zero-order valence-corrected chi connectivity index (χ0v) is 33.5. The average Bonchev–Trinajstić information content (AvgIpc) is 3.12. The van der Waals surface area contributed by atoms with Gasteiger partial charge in [0.1, 0.15) is 36.8 Å². The minimum Gasteiger partial charge on any atom is -0.462 e. The van der Waals surface area contributed by atoms with Gasteiger partial charge in [-0.25, -0.2) is 0 Å². The molecule has 1 aliphatic rings. The Morgan fingerprint density at radius 1 is 0.660 bits per heavy atom. The lowest BCUT2D eigenvalue weighted by Crippen LogP contribution is -2.60. The van der Waals surface area contributed by atoms with E-state index < -0.39 is 71.2 Å². The molecule has 0 aromatic carbocycles. The Kier molecular flexibility index (Phi) is 29.4. The average molecular weight is 779 g/mol. The van der Waals surface area contributed by atoms with Gasteiger partial charge < -0.3 is 34.3 Å². The Bertz CT molecular complexity index is 1040. The molecule has 1 saturated heterocycles. The van der Waals surface area contributed by atoms with Crippen LogP contribution in [0.1, 0.15) is 174 Å². The molecule has 0 saturated carbocycles. The van der Waals surface area contributed by atoms with E-state index in [1.165, 1.54) is 96.3 Å². The fourth-order valence-electron chi connectivity index (χ4n) is 6.48. The van der Waals surface area contributed by atoms with E-state index in [1.54, 1.807) is 0 Å². The minimum absolute atomic E-state index is 0.168. The van der Waals surface area contributed by atoms with Gasteiger partial charge in [0.25, 0.3) is 10.1 Å². The number of esters is 2. The van der Waals surface area contributed by atoms with Crippen LogP contribution in [-0.2, 0) is 38.7 Å². The highest BCUT2D eigenvalue weighted by Crippen LogP contribution is 2.24. The SMILES string of the molecule is C=CCCCCCCCCCCCCCCCC(=O)OC[C@H](CO[C@H]1O[C@H](CS(=O)(=O)O)[C@@H](O)C(O)C1O)OC(=O)CCCCCCCCCCCC. The van der Waals surface area contributed by atoms with Crippen LogP contribution in [0.3, 0.4) is 0 Å². The summed E-state index contributed by atoms with van der Waals surface area (Å²) in [6.07, 6.45) is 20.2. The van der Waals surface area contributed by atoms with E-state index in [0.29, 0.717) is 12.8 Å². The van der Waals surface area contributed by atoms with E-state index in [0.717, 1.165) is 44.9 Å². The lowest BCUT2D eigenvalue weighted by Gasteiger charge is -2.40. The summed E-state index contributed by atoms with van der Waals surface area (Å²) in [6, 6.07) is 0. The Morgan fingerprint density at radius 3 is 1.58 bits per heavy atom. The van der Waals surface area contributed by atoms with E-state index in [-0.39, 0.29) is 19.4 Å². The van der Waals surface area contributed by atoms with Gasteiger partial charge >= 0.3 is 11.9 Å². The molecule has 0 aliphatic carbocycles. The summed E-state index contributed by atoms with van der Waals surface area (Å²) in [5.41, 5.74) is 0. The first-order chi connectivity index (χ1) is 25.5. The number of hydrogen-bond donors (Lipinski definition) is 4. The summed E-state index contributed by atoms with van der Waals surface area (Å²) in [6.45, 7) is 5.25. The molecule has 0 aromatic heterocycles. The van der Waals surface area contributed by atoms with Crippen molar-refractivity contribution < 1.29 is 56.8 Å². The maximum absolute atomic E-state index is 12.7. The largest absolute Gasteiger partial charge is 0.462 e. The van der Waals surface area contributed by atoms with E-state index in [4.69, 9.17) is 18.9 Å². The highest BCUT2D eigenvalue weighted by molar-refractivity contribution is 7.85. The molecule has 1 aliphatic heterocycles. The second kappa shape index (κ2) is 31.6. The molecule has 0 amide bonds. The number of aliphatic hydroxyl groups is 3. The second-order valence-corrected chi connectivity index (χ2v) is 16.2. The zero-order valence-electron chi connectivity index (χ0n) is 32.7. The van der Waals surface area contributed by atoms with Crippen molar-refractivity contribution in [3.63, 3.8) is 0 Å². The van der Waals surface area contributed by atoms with Gasteiger partial charge in [-0.3, -0.25) is 14.1 Å². The molecule has 4 N–H and O–H groups in total. The summed E-state index contributed by atoms with van der Waals surface area (Å²) in [4.78, 5) is 25.2. The first-order valence-electron chi connectivity index (χ1n) is 20.7. The summed E-state index contributed by atoms with van der Waals surface area (Å²) < 4.78 is 53.8. The first kappa shape index (κ1) is 49.4. The Morgan fingerprint density at radius 2 is 1.11 bits per heavy atom. The van der Waals surface area contributed by atoms with Crippen LogP contribution in [0.5, 0.6) is 0 Å². The third-order valence-electron chi connectivity index (χ3n) is 9.74. The number of allylic oxidation sites excluding steroid dienone is 1. The quantitative estimate of drug-likeness (QED) is 0.0215. The van der Waals surface area contributed by atoms with Crippen LogP contribution in [-0.4, -0.2) is 96.0 Å². The van der Waals surface area contributed by atoms with Crippen molar-refractivity contribution in [3.8, 4) is 0 Å². The topological polar surface area (TPSA) is 186 Å². The van der Waals surface area contributed by atoms with E-state index in [1.807, 2.05) is 6.08 Å².